The van der Waals surface area contributed by atoms with Gasteiger partial charge in [0.2, 0.25) is 0 Å². The molecule has 0 aliphatic heterocycles. The molecule has 0 spiro atoms. The lowest BCUT2D eigenvalue weighted by atomic mass is 9.46. The van der Waals surface area contributed by atoms with E-state index in [0.717, 1.165) is 23.8 Å². The number of hydrogen-bond donors (Lipinski definition) is 2. The van der Waals surface area contributed by atoms with E-state index >= 15 is 0 Å². The Morgan fingerprint density at radius 1 is 1.04 bits per heavy atom. The zero-order valence-electron chi connectivity index (χ0n) is 16.7. The predicted molar refractivity (Wildman–Crippen MR) is 104 cm³/mol. The number of phenols is 2. The summed E-state index contributed by atoms with van der Waals surface area (Å²) in [5.74, 6) is 2.97. The van der Waals surface area contributed by atoms with E-state index in [0.29, 0.717) is 22.7 Å². The lowest BCUT2D eigenvalue weighted by molar-refractivity contribution is -0.0974. The summed E-state index contributed by atoms with van der Waals surface area (Å²) >= 11 is 0. The van der Waals surface area contributed by atoms with Crippen LogP contribution in [0.4, 0.5) is 0 Å². The van der Waals surface area contributed by atoms with Crippen LogP contribution in [0.25, 0.3) is 0 Å². The van der Waals surface area contributed by atoms with Crippen molar-refractivity contribution in [2.24, 2.45) is 28.6 Å². The van der Waals surface area contributed by atoms with Gasteiger partial charge in [0.1, 0.15) is 11.5 Å². The first-order valence-corrected chi connectivity index (χ1v) is 10.2. The lowest BCUT2D eigenvalue weighted by Crippen LogP contribution is -2.51. The van der Waals surface area contributed by atoms with E-state index < -0.39 is 0 Å². The zero-order valence-corrected chi connectivity index (χ0v) is 16.7. The number of benzene rings is 1. The Morgan fingerprint density at radius 2 is 1.68 bits per heavy atom. The summed E-state index contributed by atoms with van der Waals surface area (Å²) in [7, 11) is 0. The van der Waals surface area contributed by atoms with Gasteiger partial charge in [-0.15, -0.1) is 0 Å². The first-order valence-electron chi connectivity index (χ1n) is 10.2. The summed E-state index contributed by atoms with van der Waals surface area (Å²) in [4.78, 5) is 0. The monoisotopic (exact) mass is 344 g/mol. The molecule has 2 aliphatic carbocycles. The van der Waals surface area contributed by atoms with Crippen LogP contribution in [-0.4, -0.2) is 10.2 Å². The second-order valence-corrected chi connectivity index (χ2v) is 9.98. The maximum atomic E-state index is 9.85. The quantitative estimate of drug-likeness (QED) is 0.659. The molecule has 5 atom stereocenters. The fourth-order valence-corrected chi connectivity index (χ4v) is 6.53. The summed E-state index contributed by atoms with van der Waals surface area (Å²) in [6.07, 6.45) is 7.94. The Kier molecular flexibility index (Phi) is 4.85. The van der Waals surface area contributed by atoms with Crippen LogP contribution in [0.1, 0.15) is 84.6 Å². The summed E-state index contributed by atoms with van der Waals surface area (Å²) in [6.45, 7) is 12.2. The molecule has 1 aromatic carbocycles. The Bertz CT molecular complexity index is 600. The summed E-state index contributed by atoms with van der Waals surface area (Å²) in [5.41, 5.74) is 1.94. The first kappa shape index (κ1) is 18.6. The van der Waals surface area contributed by atoms with Gasteiger partial charge in [0.25, 0.3) is 0 Å². The van der Waals surface area contributed by atoms with Crippen LogP contribution in [0, 0.1) is 28.6 Å². The molecular formula is C23H36O2. The van der Waals surface area contributed by atoms with E-state index in [1.807, 2.05) is 12.1 Å². The highest BCUT2D eigenvalue weighted by molar-refractivity contribution is 5.38. The highest BCUT2D eigenvalue weighted by Crippen LogP contribution is 2.62. The molecule has 140 valence electrons. The van der Waals surface area contributed by atoms with Gasteiger partial charge in [-0.1, -0.05) is 47.5 Å². The van der Waals surface area contributed by atoms with Crippen LogP contribution in [0.5, 0.6) is 11.5 Å². The van der Waals surface area contributed by atoms with Crippen molar-refractivity contribution >= 4 is 0 Å². The molecule has 1 aromatic rings. The van der Waals surface area contributed by atoms with E-state index in [2.05, 4.69) is 34.6 Å². The van der Waals surface area contributed by atoms with E-state index in [1.165, 1.54) is 38.2 Å². The molecule has 0 aromatic heterocycles. The van der Waals surface area contributed by atoms with Gasteiger partial charge in [0.05, 0.1) is 0 Å². The second-order valence-electron chi connectivity index (χ2n) is 9.98. The van der Waals surface area contributed by atoms with Crippen LogP contribution in [-0.2, 0) is 0 Å². The van der Waals surface area contributed by atoms with Gasteiger partial charge in [-0.25, -0.2) is 0 Å². The maximum Gasteiger partial charge on any atom is 0.119 e. The van der Waals surface area contributed by atoms with E-state index in [9.17, 15) is 10.2 Å². The predicted octanol–water partition coefficient (Wildman–Crippen LogP) is 6.47. The van der Waals surface area contributed by atoms with Gasteiger partial charge >= 0.3 is 0 Å². The van der Waals surface area contributed by atoms with E-state index in [4.69, 9.17) is 0 Å². The largest absolute Gasteiger partial charge is 0.508 e. The van der Waals surface area contributed by atoms with Gasteiger partial charge in [0.15, 0.2) is 0 Å². The molecule has 3 rings (SSSR count). The molecule has 0 bridgehead atoms. The maximum absolute atomic E-state index is 9.85. The Balaban J connectivity index is 1.86. The number of aromatic hydroxyl groups is 2. The zero-order chi connectivity index (χ0) is 18.4. The third-order valence-corrected chi connectivity index (χ3v) is 7.82. The standard InChI is InChI=1S/C23H36O2/c1-15-7-8-21-22(3,4)9-6-10-23(21,5)20(15)11-16(2)17-12-18(24)14-19(25)13-17/h12-16,20-21,24-25H,6-11H2,1-5H3/t15-,16?,20-,21-,23+/m0/s1. The third kappa shape index (κ3) is 3.41. The summed E-state index contributed by atoms with van der Waals surface area (Å²) in [5, 5.41) is 19.7. The van der Waals surface area contributed by atoms with Crippen molar-refractivity contribution in [1.82, 2.24) is 0 Å². The van der Waals surface area contributed by atoms with Crippen LogP contribution in [0.3, 0.4) is 0 Å². The van der Waals surface area contributed by atoms with Crippen molar-refractivity contribution in [3.8, 4) is 11.5 Å². The number of hydrogen-bond acceptors (Lipinski definition) is 2. The topological polar surface area (TPSA) is 40.5 Å². The molecule has 0 heterocycles. The molecule has 1 unspecified atom stereocenters. The molecule has 2 aliphatic rings. The molecule has 2 fully saturated rings. The highest BCUT2D eigenvalue weighted by atomic mass is 16.3. The van der Waals surface area contributed by atoms with Gasteiger partial charge in [-0.3, -0.25) is 0 Å². The molecule has 0 radical (unpaired) electrons. The van der Waals surface area contributed by atoms with Crippen molar-refractivity contribution in [3.63, 3.8) is 0 Å². The highest BCUT2D eigenvalue weighted by Gasteiger charge is 2.53. The van der Waals surface area contributed by atoms with Crippen molar-refractivity contribution < 1.29 is 10.2 Å². The molecular weight excluding hydrogens is 308 g/mol. The van der Waals surface area contributed by atoms with Gasteiger partial charge < -0.3 is 10.2 Å². The van der Waals surface area contributed by atoms with Crippen molar-refractivity contribution in [1.29, 1.82) is 0 Å². The van der Waals surface area contributed by atoms with E-state index in [1.54, 1.807) is 0 Å². The molecule has 2 N–H and O–H groups in total. The average Bonchev–Trinajstić information content (AvgIpc) is 2.49. The molecule has 0 amide bonds. The van der Waals surface area contributed by atoms with Crippen LogP contribution in [0.15, 0.2) is 18.2 Å². The van der Waals surface area contributed by atoms with Crippen LogP contribution >= 0.6 is 0 Å². The van der Waals surface area contributed by atoms with Crippen molar-refractivity contribution in [3.05, 3.63) is 23.8 Å². The molecule has 2 heteroatoms. The number of fused-ring (bicyclic) bond motifs is 1. The van der Waals surface area contributed by atoms with Crippen LogP contribution < -0.4 is 0 Å². The van der Waals surface area contributed by atoms with Crippen LogP contribution in [0.2, 0.25) is 0 Å². The summed E-state index contributed by atoms with van der Waals surface area (Å²) in [6, 6.07) is 5.06. The fourth-order valence-electron chi connectivity index (χ4n) is 6.53. The molecule has 0 saturated heterocycles. The number of phenolic OH excluding ortho intramolecular Hbond substituents is 2. The Labute approximate surface area is 153 Å². The van der Waals surface area contributed by atoms with Crippen molar-refractivity contribution in [2.75, 3.05) is 0 Å². The SMILES string of the molecule is CC(C[C@H]1[C@@H](C)CC[C@H]2C(C)(C)CCC[C@]12C)c1cc(O)cc(O)c1. The Hall–Kier alpha value is -1.18. The normalized spacial score (nSPS) is 35.8. The third-order valence-electron chi connectivity index (χ3n) is 7.82. The second kappa shape index (κ2) is 6.52. The summed E-state index contributed by atoms with van der Waals surface area (Å²) < 4.78 is 0. The molecule has 2 nitrogen and oxygen atoms in total. The minimum Gasteiger partial charge on any atom is -0.508 e. The minimum atomic E-state index is 0.168. The fraction of sp³-hybridized carbons (Fsp3) is 0.739. The Morgan fingerprint density at radius 3 is 2.32 bits per heavy atom. The van der Waals surface area contributed by atoms with Gasteiger partial charge in [-0.2, -0.15) is 0 Å². The van der Waals surface area contributed by atoms with Crippen molar-refractivity contribution in [2.45, 2.75) is 79.1 Å². The molecule has 2 saturated carbocycles. The smallest absolute Gasteiger partial charge is 0.119 e. The first-order chi connectivity index (χ1) is 11.6. The lowest BCUT2D eigenvalue weighted by Gasteiger charge is -2.59. The van der Waals surface area contributed by atoms with Gasteiger partial charge in [0, 0.05) is 6.07 Å². The molecule has 25 heavy (non-hydrogen) atoms. The van der Waals surface area contributed by atoms with E-state index in [-0.39, 0.29) is 11.5 Å². The minimum absolute atomic E-state index is 0.168. The van der Waals surface area contributed by atoms with Gasteiger partial charge in [-0.05, 0) is 77.9 Å². The average molecular weight is 345 g/mol. The number of rotatable bonds is 3.